The van der Waals surface area contributed by atoms with Crippen LogP contribution in [0, 0.1) is 5.41 Å². The van der Waals surface area contributed by atoms with E-state index in [-0.39, 0.29) is 0 Å². The summed E-state index contributed by atoms with van der Waals surface area (Å²) in [6.45, 7) is 10.7. The lowest BCUT2D eigenvalue weighted by molar-refractivity contribution is 0.0998. The second-order valence-corrected chi connectivity index (χ2v) is 7.83. The van der Waals surface area contributed by atoms with Crippen molar-refractivity contribution in [3.8, 4) is 0 Å². The van der Waals surface area contributed by atoms with Gasteiger partial charge >= 0.3 is 0 Å². The van der Waals surface area contributed by atoms with Gasteiger partial charge in [-0.2, -0.15) is 11.8 Å². The third-order valence-corrected chi connectivity index (χ3v) is 5.55. The number of thioether (sulfide) groups is 1. The number of hydrogen-bond donors (Lipinski definition) is 1. The van der Waals surface area contributed by atoms with E-state index in [1.807, 2.05) is 0 Å². The fourth-order valence-corrected chi connectivity index (χ4v) is 3.93. The van der Waals surface area contributed by atoms with Crippen LogP contribution in [0.2, 0.25) is 0 Å². The van der Waals surface area contributed by atoms with Crippen LogP contribution >= 0.6 is 11.8 Å². The third kappa shape index (κ3) is 3.39. The molecule has 2 rings (SSSR count). The molecule has 1 heterocycles. The van der Waals surface area contributed by atoms with Crippen LogP contribution < -0.4 is 5.32 Å². The molecule has 100 valence electrons. The van der Waals surface area contributed by atoms with Gasteiger partial charge in [0.05, 0.1) is 0 Å². The van der Waals surface area contributed by atoms with E-state index in [9.17, 15) is 0 Å². The quantitative estimate of drug-likeness (QED) is 0.817. The molecule has 0 aromatic carbocycles. The van der Waals surface area contributed by atoms with E-state index in [0.717, 1.165) is 11.3 Å². The van der Waals surface area contributed by atoms with Crippen molar-refractivity contribution in [2.24, 2.45) is 5.41 Å². The van der Waals surface area contributed by atoms with Crippen molar-refractivity contribution in [1.29, 1.82) is 0 Å². The maximum Gasteiger partial charge on any atom is 0.0244 e. The Balaban J connectivity index is 1.90. The first-order chi connectivity index (χ1) is 8.00. The molecule has 0 radical (unpaired) electrons. The van der Waals surface area contributed by atoms with Gasteiger partial charge in [-0.15, -0.1) is 0 Å². The Morgan fingerprint density at radius 2 is 2.00 bits per heavy atom. The monoisotopic (exact) mass is 256 g/mol. The van der Waals surface area contributed by atoms with E-state index in [4.69, 9.17) is 0 Å². The molecule has 2 aliphatic rings. The van der Waals surface area contributed by atoms with Gasteiger partial charge < -0.3 is 5.32 Å². The zero-order chi connectivity index (χ0) is 12.5. The molecule has 3 heteroatoms. The van der Waals surface area contributed by atoms with Crippen molar-refractivity contribution >= 4 is 11.8 Å². The Morgan fingerprint density at radius 1 is 1.24 bits per heavy atom. The molecule has 17 heavy (non-hydrogen) atoms. The maximum absolute atomic E-state index is 3.69. The lowest BCUT2D eigenvalue weighted by Gasteiger charge is -2.43. The fourth-order valence-electron chi connectivity index (χ4n) is 3.15. The number of nitrogens with zero attached hydrogens (tertiary/aromatic N) is 1. The molecule has 1 saturated heterocycles. The largest absolute Gasteiger partial charge is 0.311 e. The van der Waals surface area contributed by atoms with E-state index in [1.165, 1.54) is 38.9 Å². The molecule has 1 aliphatic carbocycles. The van der Waals surface area contributed by atoms with Gasteiger partial charge in [-0.05, 0) is 30.9 Å². The lowest BCUT2D eigenvalue weighted by Crippen LogP contribution is -2.57. The molecule has 0 aromatic heterocycles. The molecule has 1 N–H and O–H groups in total. The van der Waals surface area contributed by atoms with E-state index in [0.29, 0.717) is 11.5 Å². The van der Waals surface area contributed by atoms with Crippen LogP contribution in [0.3, 0.4) is 0 Å². The predicted octanol–water partition coefficient (Wildman–Crippen LogP) is 2.59. The zero-order valence-electron chi connectivity index (χ0n) is 11.8. The molecule has 0 spiro atoms. The Labute approximate surface area is 111 Å². The van der Waals surface area contributed by atoms with Crippen molar-refractivity contribution in [3.63, 3.8) is 0 Å². The van der Waals surface area contributed by atoms with Crippen LogP contribution in [-0.4, -0.2) is 48.1 Å². The maximum atomic E-state index is 3.69. The third-order valence-electron chi connectivity index (χ3n) is 4.46. The summed E-state index contributed by atoms with van der Waals surface area (Å²) in [4.78, 5) is 2.75. The standard InChI is InChI=1S/C14H28N2S/c1-14(2,3)13-10-16(8-7-15-13)11-5-6-12(9-11)17-4/h11-13,15H,5-10H2,1-4H3. The highest BCUT2D eigenvalue weighted by Gasteiger charge is 2.35. The summed E-state index contributed by atoms with van der Waals surface area (Å²) < 4.78 is 0. The van der Waals surface area contributed by atoms with Crippen molar-refractivity contribution in [1.82, 2.24) is 10.2 Å². The van der Waals surface area contributed by atoms with E-state index in [2.05, 4.69) is 49.0 Å². The van der Waals surface area contributed by atoms with E-state index < -0.39 is 0 Å². The van der Waals surface area contributed by atoms with Gasteiger partial charge in [0.25, 0.3) is 0 Å². The Kier molecular flexibility index (Phi) is 4.43. The first kappa shape index (κ1) is 13.7. The molecule has 2 fully saturated rings. The lowest BCUT2D eigenvalue weighted by atomic mass is 9.85. The predicted molar refractivity (Wildman–Crippen MR) is 77.8 cm³/mol. The van der Waals surface area contributed by atoms with E-state index >= 15 is 0 Å². The second-order valence-electron chi connectivity index (χ2n) is 6.69. The van der Waals surface area contributed by atoms with Crippen molar-refractivity contribution in [2.75, 3.05) is 25.9 Å². The highest BCUT2D eigenvalue weighted by Crippen LogP contribution is 2.33. The van der Waals surface area contributed by atoms with Crippen molar-refractivity contribution < 1.29 is 0 Å². The summed E-state index contributed by atoms with van der Waals surface area (Å²) in [6, 6.07) is 1.52. The minimum atomic E-state index is 0.385. The minimum absolute atomic E-state index is 0.385. The highest BCUT2D eigenvalue weighted by atomic mass is 32.2. The van der Waals surface area contributed by atoms with Crippen LogP contribution in [-0.2, 0) is 0 Å². The molecule has 0 amide bonds. The smallest absolute Gasteiger partial charge is 0.0244 e. The van der Waals surface area contributed by atoms with Crippen LogP contribution in [0.5, 0.6) is 0 Å². The topological polar surface area (TPSA) is 15.3 Å². The summed E-state index contributed by atoms with van der Waals surface area (Å²) in [7, 11) is 0. The number of nitrogens with one attached hydrogen (secondary N) is 1. The molecule has 2 nitrogen and oxygen atoms in total. The number of hydrogen-bond acceptors (Lipinski definition) is 3. The van der Waals surface area contributed by atoms with Crippen LogP contribution in [0.1, 0.15) is 40.0 Å². The Hall–Kier alpha value is 0.270. The molecule has 3 unspecified atom stereocenters. The Morgan fingerprint density at radius 3 is 2.59 bits per heavy atom. The first-order valence-corrected chi connectivity index (χ1v) is 8.29. The average molecular weight is 256 g/mol. The van der Waals surface area contributed by atoms with Gasteiger partial charge in [-0.25, -0.2) is 0 Å². The summed E-state index contributed by atoms with van der Waals surface area (Å²) in [5.74, 6) is 0. The normalized spacial score (nSPS) is 36.4. The molecule has 3 atom stereocenters. The summed E-state index contributed by atoms with van der Waals surface area (Å²) in [5, 5.41) is 4.61. The van der Waals surface area contributed by atoms with E-state index in [1.54, 1.807) is 0 Å². The average Bonchev–Trinajstić information content (AvgIpc) is 2.76. The van der Waals surface area contributed by atoms with Gasteiger partial charge in [-0.3, -0.25) is 4.90 Å². The highest BCUT2D eigenvalue weighted by molar-refractivity contribution is 7.99. The first-order valence-electron chi connectivity index (χ1n) is 7.01. The number of piperazine rings is 1. The Bertz CT molecular complexity index is 249. The second kappa shape index (κ2) is 5.50. The van der Waals surface area contributed by atoms with Crippen LogP contribution in [0.25, 0.3) is 0 Å². The van der Waals surface area contributed by atoms with Gasteiger partial charge in [0, 0.05) is 37.0 Å². The SMILES string of the molecule is CSC1CCC(N2CCNC(C(C)(C)C)C2)C1. The molecule has 0 bridgehead atoms. The van der Waals surface area contributed by atoms with Gasteiger partial charge in [0.1, 0.15) is 0 Å². The zero-order valence-corrected chi connectivity index (χ0v) is 12.6. The number of rotatable bonds is 2. The summed E-state index contributed by atoms with van der Waals surface area (Å²) in [5.41, 5.74) is 0.385. The van der Waals surface area contributed by atoms with Gasteiger partial charge in [0.2, 0.25) is 0 Å². The molecule has 1 saturated carbocycles. The minimum Gasteiger partial charge on any atom is -0.311 e. The van der Waals surface area contributed by atoms with Crippen molar-refractivity contribution in [2.45, 2.75) is 57.4 Å². The summed E-state index contributed by atoms with van der Waals surface area (Å²) >= 11 is 2.06. The van der Waals surface area contributed by atoms with Crippen molar-refractivity contribution in [3.05, 3.63) is 0 Å². The van der Waals surface area contributed by atoms with Crippen LogP contribution in [0.4, 0.5) is 0 Å². The molecular formula is C14H28N2S. The van der Waals surface area contributed by atoms with Gasteiger partial charge in [-0.1, -0.05) is 20.8 Å². The van der Waals surface area contributed by atoms with Gasteiger partial charge in [0.15, 0.2) is 0 Å². The molecular weight excluding hydrogens is 228 g/mol. The molecule has 0 aromatic rings. The molecule has 1 aliphatic heterocycles. The fraction of sp³-hybridized carbons (Fsp3) is 1.00. The summed E-state index contributed by atoms with van der Waals surface area (Å²) in [6.07, 6.45) is 6.53. The van der Waals surface area contributed by atoms with Crippen LogP contribution in [0.15, 0.2) is 0 Å².